The minimum atomic E-state index is -0.461. The molecule has 120 valence electrons. The van der Waals surface area contributed by atoms with E-state index >= 15 is 0 Å². The molecule has 0 N–H and O–H groups in total. The Labute approximate surface area is 127 Å². The summed E-state index contributed by atoms with van der Waals surface area (Å²) in [4.78, 5) is 0. The predicted octanol–water partition coefficient (Wildman–Crippen LogP) is 3.30. The molecule has 1 saturated carbocycles. The third kappa shape index (κ3) is 1.82. The van der Waals surface area contributed by atoms with Gasteiger partial charge in [-0.1, -0.05) is 13.8 Å². The monoisotopic (exact) mass is 296 g/mol. The highest BCUT2D eigenvalue weighted by Crippen LogP contribution is 2.63. The average Bonchev–Trinajstić information content (AvgIpc) is 2.65. The van der Waals surface area contributed by atoms with Crippen molar-refractivity contribution in [2.24, 2.45) is 23.7 Å². The van der Waals surface area contributed by atoms with Crippen molar-refractivity contribution in [2.75, 3.05) is 6.61 Å². The van der Waals surface area contributed by atoms with Crippen LogP contribution in [-0.2, 0) is 18.9 Å². The number of fused-ring (bicyclic) bond motifs is 1. The molecule has 4 nitrogen and oxygen atoms in total. The lowest BCUT2D eigenvalue weighted by Crippen LogP contribution is -2.66. The molecule has 8 atom stereocenters. The fourth-order valence-corrected chi connectivity index (χ4v) is 5.49. The van der Waals surface area contributed by atoms with Gasteiger partial charge in [-0.25, -0.2) is 0 Å². The van der Waals surface area contributed by atoms with Crippen LogP contribution in [0.15, 0.2) is 0 Å². The molecule has 0 aromatic carbocycles. The van der Waals surface area contributed by atoms with Gasteiger partial charge < -0.3 is 18.9 Å². The quantitative estimate of drug-likeness (QED) is 0.783. The molecule has 1 spiro atoms. The minimum absolute atomic E-state index is 0.156. The molecular weight excluding hydrogens is 268 g/mol. The molecule has 4 fully saturated rings. The highest BCUT2D eigenvalue weighted by molar-refractivity contribution is 5.12. The van der Waals surface area contributed by atoms with Crippen molar-refractivity contribution in [2.45, 2.75) is 77.3 Å². The topological polar surface area (TPSA) is 36.9 Å². The van der Waals surface area contributed by atoms with Crippen LogP contribution < -0.4 is 0 Å². The molecule has 0 radical (unpaired) electrons. The normalized spacial score (nSPS) is 58.9. The first-order chi connectivity index (χ1) is 10.00. The molecule has 4 heteroatoms. The van der Waals surface area contributed by atoms with Crippen LogP contribution in [0.4, 0.5) is 0 Å². The van der Waals surface area contributed by atoms with E-state index in [1.165, 1.54) is 19.3 Å². The van der Waals surface area contributed by atoms with Gasteiger partial charge in [0.05, 0.1) is 0 Å². The summed E-state index contributed by atoms with van der Waals surface area (Å²) in [6, 6.07) is 0. The average molecular weight is 296 g/mol. The molecule has 3 aliphatic heterocycles. The second kappa shape index (κ2) is 4.67. The summed E-state index contributed by atoms with van der Waals surface area (Å²) >= 11 is 0. The van der Waals surface area contributed by atoms with Crippen LogP contribution in [0.3, 0.4) is 0 Å². The summed E-state index contributed by atoms with van der Waals surface area (Å²) in [7, 11) is 0. The van der Waals surface area contributed by atoms with E-state index in [2.05, 4.69) is 20.8 Å². The Kier molecular flexibility index (Phi) is 3.21. The van der Waals surface area contributed by atoms with Crippen molar-refractivity contribution in [3.8, 4) is 0 Å². The Hall–Kier alpha value is -0.160. The number of ether oxygens (including phenoxy) is 4. The SMILES string of the molecule is CCO[C@H]1O[C@@H]2O[C@@]3(C)CC[C@@H]4[C@H](C)CC[C@@H]([C@@H]1C)[C@@]24O3. The fourth-order valence-electron chi connectivity index (χ4n) is 5.49. The first-order valence-corrected chi connectivity index (χ1v) is 8.65. The van der Waals surface area contributed by atoms with E-state index in [1.54, 1.807) is 0 Å². The zero-order valence-corrected chi connectivity index (χ0v) is 13.6. The number of rotatable bonds is 2. The molecule has 0 unspecified atom stereocenters. The zero-order chi connectivity index (χ0) is 14.8. The standard InChI is InChI=1S/C17H28O4/c1-5-18-14-11(3)13-7-6-10(2)12-8-9-16(4)20-15(19-14)17(12,13)21-16/h10-15H,5-9H2,1-4H3/t10-,11+,12-,13+,14+,15-,16-,17-/m1/s1. The molecule has 3 heterocycles. The Morgan fingerprint density at radius 2 is 1.95 bits per heavy atom. The maximum atomic E-state index is 6.61. The Morgan fingerprint density at radius 1 is 1.14 bits per heavy atom. The molecule has 0 aromatic heterocycles. The summed E-state index contributed by atoms with van der Waals surface area (Å²) < 4.78 is 25.0. The Balaban J connectivity index is 1.74. The molecule has 21 heavy (non-hydrogen) atoms. The minimum Gasteiger partial charge on any atom is -0.353 e. The van der Waals surface area contributed by atoms with Gasteiger partial charge in [0.25, 0.3) is 0 Å². The van der Waals surface area contributed by atoms with E-state index in [0.717, 1.165) is 6.42 Å². The number of hydrogen-bond donors (Lipinski definition) is 0. The fraction of sp³-hybridized carbons (Fsp3) is 1.00. The van der Waals surface area contributed by atoms with Gasteiger partial charge in [-0.15, -0.1) is 0 Å². The zero-order valence-electron chi connectivity index (χ0n) is 13.6. The first-order valence-electron chi connectivity index (χ1n) is 8.65. The van der Waals surface area contributed by atoms with Crippen molar-refractivity contribution in [1.82, 2.24) is 0 Å². The molecule has 3 saturated heterocycles. The molecule has 0 amide bonds. The van der Waals surface area contributed by atoms with Crippen molar-refractivity contribution >= 4 is 0 Å². The van der Waals surface area contributed by atoms with Crippen molar-refractivity contribution < 1.29 is 18.9 Å². The van der Waals surface area contributed by atoms with Crippen LogP contribution in [0.5, 0.6) is 0 Å². The van der Waals surface area contributed by atoms with Gasteiger partial charge in [0.2, 0.25) is 0 Å². The van der Waals surface area contributed by atoms with E-state index in [1.807, 2.05) is 6.92 Å². The van der Waals surface area contributed by atoms with Crippen molar-refractivity contribution in [1.29, 1.82) is 0 Å². The molecule has 4 rings (SSSR count). The van der Waals surface area contributed by atoms with Gasteiger partial charge in [0.1, 0.15) is 5.60 Å². The van der Waals surface area contributed by atoms with Gasteiger partial charge in [0, 0.05) is 24.9 Å². The molecule has 0 aromatic rings. The van der Waals surface area contributed by atoms with Gasteiger partial charge in [-0.3, -0.25) is 0 Å². The van der Waals surface area contributed by atoms with Crippen LogP contribution in [0.25, 0.3) is 0 Å². The lowest BCUT2D eigenvalue weighted by molar-refractivity contribution is -0.336. The highest BCUT2D eigenvalue weighted by atomic mass is 16.9. The van der Waals surface area contributed by atoms with Gasteiger partial charge in [-0.2, -0.15) is 0 Å². The van der Waals surface area contributed by atoms with E-state index in [4.69, 9.17) is 18.9 Å². The van der Waals surface area contributed by atoms with Gasteiger partial charge >= 0.3 is 0 Å². The maximum Gasteiger partial charge on any atom is 0.193 e. The third-order valence-electron chi connectivity index (χ3n) is 6.46. The second-order valence-corrected chi connectivity index (χ2v) is 7.66. The van der Waals surface area contributed by atoms with Crippen LogP contribution in [0.1, 0.15) is 53.4 Å². The van der Waals surface area contributed by atoms with Crippen LogP contribution in [0, 0.1) is 23.7 Å². The second-order valence-electron chi connectivity index (χ2n) is 7.66. The van der Waals surface area contributed by atoms with Crippen molar-refractivity contribution in [3.63, 3.8) is 0 Å². The third-order valence-corrected chi connectivity index (χ3v) is 6.46. The van der Waals surface area contributed by atoms with E-state index in [9.17, 15) is 0 Å². The summed E-state index contributed by atoms with van der Waals surface area (Å²) in [5.74, 6) is 1.63. The summed E-state index contributed by atoms with van der Waals surface area (Å²) in [5, 5.41) is 0. The smallest absolute Gasteiger partial charge is 0.193 e. The van der Waals surface area contributed by atoms with Crippen molar-refractivity contribution in [3.05, 3.63) is 0 Å². The molecule has 2 bridgehead atoms. The van der Waals surface area contributed by atoms with Crippen LogP contribution >= 0.6 is 0 Å². The predicted molar refractivity (Wildman–Crippen MR) is 77.4 cm³/mol. The molecule has 1 aliphatic carbocycles. The van der Waals surface area contributed by atoms with E-state index in [0.29, 0.717) is 30.3 Å². The Morgan fingerprint density at radius 3 is 2.71 bits per heavy atom. The van der Waals surface area contributed by atoms with Crippen LogP contribution in [0.2, 0.25) is 0 Å². The van der Waals surface area contributed by atoms with E-state index < -0.39 is 5.79 Å². The largest absolute Gasteiger partial charge is 0.353 e. The summed E-state index contributed by atoms with van der Waals surface area (Å²) in [6.07, 6.45) is 4.24. The number of hydrogen-bond acceptors (Lipinski definition) is 4. The van der Waals surface area contributed by atoms with Crippen LogP contribution in [-0.4, -0.2) is 30.6 Å². The Bertz CT molecular complexity index is 427. The lowest BCUT2D eigenvalue weighted by atomic mass is 9.57. The van der Waals surface area contributed by atoms with Gasteiger partial charge in [0.15, 0.2) is 18.4 Å². The van der Waals surface area contributed by atoms with Gasteiger partial charge in [-0.05, 0) is 44.9 Å². The molecular formula is C17H28O4. The lowest BCUT2D eigenvalue weighted by Gasteiger charge is -2.58. The molecule has 4 aliphatic rings. The summed E-state index contributed by atoms with van der Waals surface area (Å²) in [6.45, 7) is 9.42. The summed E-state index contributed by atoms with van der Waals surface area (Å²) in [5.41, 5.74) is -0.238. The first kappa shape index (κ1) is 14.4. The van der Waals surface area contributed by atoms with E-state index in [-0.39, 0.29) is 18.2 Å². The highest BCUT2D eigenvalue weighted by Gasteiger charge is 2.71. The maximum absolute atomic E-state index is 6.61.